The molecule has 3 aromatic rings. The maximum absolute atomic E-state index is 13.6. The molecular formula is C20H19FN4O. The molecule has 2 heterocycles. The van der Waals surface area contributed by atoms with Crippen LogP contribution in [0, 0.1) is 5.82 Å². The number of aromatic nitrogens is 3. The molecule has 0 aliphatic carbocycles. The molecule has 1 amide bonds. The summed E-state index contributed by atoms with van der Waals surface area (Å²) in [5.74, 6) is 0.156. The molecule has 2 N–H and O–H groups in total. The van der Waals surface area contributed by atoms with Gasteiger partial charge in [0.25, 0.3) is 0 Å². The topological polar surface area (TPSA) is 70.7 Å². The molecule has 0 saturated carbocycles. The van der Waals surface area contributed by atoms with E-state index in [9.17, 15) is 9.18 Å². The normalized spacial score (nSPS) is 11.0. The summed E-state index contributed by atoms with van der Waals surface area (Å²) in [7, 11) is 0. The fraction of sp³-hybridized carbons (Fsp3) is 0.150. The first-order valence-electron chi connectivity index (χ1n) is 8.31. The predicted octanol–water partition coefficient (Wildman–Crippen LogP) is 3.86. The van der Waals surface area contributed by atoms with Gasteiger partial charge in [-0.25, -0.2) is 9.37 Å². The van der Waals surface area contributed by atoms with Gasteiger partial charge in [-0.05, 0) is 31.2 Å². The Morgan fingerprint density at radius 2 is 2.15 bits per heavy atom. The Bertz CT molecular complexity index is 919. The minimum absolute atomic E-state index is 0.0915. The van der Waals surface area contributed by atoms with Gasteiger partial charge in [0.2, 0.25) is 5.91 Å². The van der Waals surface area contributed by atoms with E-state index in [0.717, 1.165) is 0 Å². The van der Waals surface area contributed by atoms with E-state index in [0.29, 0.717) is 34.9 Å². The Hall–Kier alpha value is -3.28. The SMILES string of the molecule is C/C=C/CC(=O)NCc1nc(-c2cccc(F)c2)c(-c2ccccn2)[nH]1. The summed E-state index contributed by atoms with van der Waals surface area (Å²) < 4.78 is 13.6. The Balaban J connectivity index is 1.92. The van der Waals surface area contributed by atoms with Crippen LogP contribution in [0.25, 0.3) is 22.6 Å². The summed E-state index contributed by atoms with van der Waals surface area (Å²) in [6.45, 7) is 2.12. The van der Waals surface area contributed by atoms with E-state index in [1.807, 2.05) is 31.2 Å². The van der Waals surface area contributed by atoms with Gasteiger partial charge in [0.1, 0.15) is 11.6 Å². The fourth-order valence-corrected chi connectivity index (χ4v) is 2.53. The van der Waals surface area contributed by atoms with Gasteiger partial charge in [0.05, 0.1) is 23.6 Å². The standard InChI is InChI=1S/C20H19FN4O/c1-2-3-10-18(26)23-13-17-24-19(14-7-6-8-15(21)12-14)20(25-17)16-9-4-5-11-22-16/h2-9,11-12H,10,13H2,1H3,(H,23,26)(H,24,25)/b3-2+. The van der Waals surface area contributed by atoms with Crippen LogP contribution in [0.3, 0.4) is 0 Å². The van der Waals surface area contributed by atoms with Crippen molar-refractivity contribution in [3.8, 4) is 22.6 Å². The van der Waals surface area contributed by atoms with Crippen LogP contribution in [0.4, 0.5) is 4.39 Å². The van der Waals surface area contributed by atoms with Crippen LogP contribution in [0.5, 0.6) is 0 Å². The van der Waals surface area contributed by atoms with Crippen molar-refractivity contribution in [1.29, 1.82) is 0 Å². The number of amides is 1. The van der Waals surface area contributed by atoms with Crippen LogP contribution in [0.15, 0.2) is 60.8 Å². The van der Waals surface area contributed by atoms with Gasteiger partial charge >= 0.3 is 0 Å². The number of carbonyl (C=O) groups is 1. The number of pyridine rings is 1. The molecule has 0 spiro atoms. The fourth-order valence-electron chi connectivity index (χ4n) is 2.53. The number of allylic oxidation sites excluding steroid dienone is 1. The monoisotopic (exact) mass is 350 g/mol. The largest absolute Gasteiger partial charge is 0.349 e. The number of hydrogen-bond acceptors (Lipinski definition) is 3. The van der Waals surface area contributed by atoms with Crippen LogP contribution in [-0.2, 0) is 11.3 Å². The van der Waals surface area contributed by atoms with Crippen molar-refractivity contribution in [2.24, 2.45) is 0 Å². The molecule has 132 valence electrons. The molecule has 1 aromatic carbocycles. The molecule has 0 fully saturated rings. The Morgan fingerprint density at radius 3 is 2.88 bits per heavy atom. The Labute approximate surface area is 151 Å². The van der Waals surface area contributed by atoms with Crippen LogP contribution in [0.2, 0.25) is 0 Å². The Kier molecular flexibility index (Phi) is 5.53. The van der Waals surface area contributed by atoms with Crippen molar-refractivity contribution in [2.45, 2.75) is 19.9 Å². The van der Waals surface area contributed by atoms with Crippen LogP contribution in [0.1, 0.15) is 19.2 Å². The van der Waals surface area contributed by atoms with Gasteiger partial charge < -0.3 is 10.3 Å². The average molecular weight is 350 g/mol. The van der Waals surface area contributed by atoms with E-state index in [1.54, 1.807) is 24.4 Å². The second-order valence-electron chi connectivity index (χ2n) is 5.68. The van der Waals surface area contributed by atoms with Crippen molar-refractivity contribution in [3.63, 3.8) is 0 Å². The van der Waals surface area contributed by atoms with Gasteiger partial charge in [-0.2, -0.15) is 0 Å². The third-order valence-electron chi connectivity index (χ3n) is 3.76. The van der Waals surface area contributed by atoms with Gasteiger partial charge in [-0.3, -0.25) is 9.78 Å². The van der Waals surface area contributed by atoms with E-state index in [1.165, 1.54) is 12.1 Å². The number of benzene rings is 1. The van der Waals surface area contributed by atoms with E-state index in [2.05, 4.69) is 20.3 Å². The Morgan fingerprint density at radius 1 is 1.27 bits per heavy atom. The molecule has 0 atom stereocenters. The minimum atomic E-state index is -0.335. The number of hydrogen-bond donors (Lipinski definition) is 2. The summed E-state index contributed by atoms with van der Waals surface area (Å²) >= 11 is 0. The highest BCUT2D eigenvalue weighted by atomic mass is 19.1. The second kappa shape index (κ2) is 8.20. The highest BCUT2D eigenvalue weighted by Gasteiger charge is 2.15. The van der Waals surface area contributed by atoms with Crippen LogP contribution < -0.4 is 5.32 Å². The molecule has 2 aromatic heterocycles. The number of halogens is 1. The van der Waals surface area contributed by atoms with Crippen molar-refractivity contribution >= 4 is 5.91 Å². The number of rotatable bonds is 6. The minimum Gasteiger partial charge on any atom is -0.349 e. The number of nitrogens with one attached hydrogen (secondary N) is 2. The molecule has 5 nitrogen and oxygen atoms in total. The average Bonchev–Trinajstić information content (AvgIpc) is 3.10. The van der Waals surface area contributed by atoms with Gasteiger partial charge in [-0.15, -0.1) is 0 Å². The van der Waals surface area contributed by atoms with Crippen molar-refractivity contribution in [3.05, 3.63) is 72.5 Å². The number of imidazole rings is 1. The lowest BCUT2D eigenvalue weighted by atomic mass is 10.1. The zero-order chi connectivity index (χ0) is 18.4. The summed E-state index contributed by atoms with van der Waals surface area (Å²) in [4.78, 5) is 23.9. The smallest absolute Gasteiger partial charge is 0.224 e. The first kappa shape index (κ1) is 17.5. The van der Waals surface area contributed by atoms with Crippen LogP contribution in [-0.4, -0.2) is 20.9 Å². The quantitative estimate of drug-likeness (QED) is 0.663. The predicted molar refractivity (Wildman–Crippen MR) is 98.5 cm³/mol. The van der Waals surface area contributed by atoms with Crippen molar-refractivity contribution in [1.82, 2.24) is 20.3 Å². The van der Waals surface area contributed by atoms with E-state index in [4.69, 9.17) is 0 Å². The number of nitrogens with zero attached hydrogens (tertiary/aromatic N) is 2. The van der Waals surface area contributed by atoms with E-state index < -0.39 is 0 Å². The van der Waals surface area contributed by atoms with E-state index in [-0.39, 0.29) is 18.3 Å². The zero-order valence-electron chi connectivity index (χ0n) is 14.4. The summed E-state index contributed by atoms with van der Waals surface area (Å²) in [5.41, 5.74) is 2.63. The second-order valence-corrected chi connectivity index (χ2v) is 5.68. The molecule has 0 radical (unpaired) electrons. The van der Waals surface area contributed by atoms with Gasteiger partial charge in [0.15, 0.2) is 0 Å². The molecular weight excluding hydrogens is 331 g/mol. The third kappa shape index (κ3) is 4.22. The highest BCUT2D eigenvalue weighted by Crippen LogP contribution is 2.29. The maximum Gasteiger partial charge on any atom is 0.224 e. The van der Waals surface area contributed by atoms with Crippen molar-refractivity contribution in [2.75, 3.05) is 0 Å². The number of H-pyrrole nitrogens is 1. The molecule has 0 saturated heterocycles. The lowest BCUT2D eigenvalue weighted by Crippen LogP contribution is -2.22. The lowest BCUT2D eigenvalue weighted by Gasteiger charge is -2.02. The summed E-state index contributed by atoms with van der Waals surface area (Å²) in [6, 6.07) is 11.8. The number of carbonyl (C=O) groups excluding carboxylic acids is 1. The molecule has 0 aliphatic rings. The maximum atomic E-state index is 13.6. The first-order valence-corrected chi connectivity index (χ1v) is 8.31. The summed E-state index contributed by atoms with van der Waals surface area (Å²) in [5, 5.41) is 2.81. The van der Waals surface area contributed by atoms with Crippen molar-refractivity contribution < 1.29 is 9.18 Å². The molecule has 3 rings (SSSR count). The van der Waals surface area contributed by atoms with Crippen LogP contribution >= 0.6 is 0 Å². The number of aromatic amines is 1. The molecule has 0 aliphatic heterocycles. The van der Waals surface area contributed by atoms with E-state index >= 15 is 0 Å². The van der Waals surface area contributed by atoms with Gasteiger partial charge in [0, 0.05) is 18.2 Å². The zero-order valence-corrected chi connectivity index (χ0v) is 14.4. The summed E-state index contributed by atoms with van der Waals surface area (Å²) in [6.07, 6.45) is 5.62. The first-order chi connectivity index (χ1) is 12.7. The van der Waals surface area contributed by atoms with Gasteiger partial charge in [-0.1, -0.05) is 30.4 Å². The molecule has 0 unspecified atom stereocenters. The molecule has 26 heavy (non-hydrogen) atoms. The lowest BCUT2D eigenvalue weighted by molar-refractivity contribution is -0.120. The molecule has 0 bridgehead atoms. The highest BCUT2D eigenvalue weighted by molar-refractivity contribution is 5.78. The molecule has 6 heteroatoms. The third-order valence-corrected chi connectivity index (χ3v) is 3.76.